The van der Waals surface area contributed by atoms with E-state index in [-0.39, 0.29) is 11.5 Å². The van der Waals surface area contributed by atoms with Gasteiger partial charge >= 0.3 is 0 Å². The highest BCUT2D eigenvalue weighted by Crippen LogP contribution is 2.27. The Labute approximate surface area is 64.5 Å². The van der Waals surface area contributed by atoms with Crippen molar-refractivity contribution in [1.82, 2.24) is 0 Å². The zero-order chi connectivity index (χ0) is 8.43. The van der Waals surface area contributed by atoms with Crippen LogP contribution in [0.3, 0.4) is 0 Å². The van der Waals surface area contributed by atoms with Crippen molar-refractivity contribution in [1.29, 1.82) is 0 Å². The first kappa shape index (κ1) is 7.88. The third kappa shape index (κ3) is 1.62. The van der Waals surface area contributed by atoms with E-state index in [2.05, 4.69) is 0 Å². The molecule has 0 amide bonds. The Hall–Kier alpha value is -1.22. The van der Waals surface area contributed by atoms with E-state index in [4.69, 9.17) is 15.3 Å². The summed E-state index contributed by atoms with van der Waals surface area (Å²) < 4.78 is 0. The van der Waals surface area contributed by atoms with E-state index in [0.717, 1.165) is 0 Å². The number of hydrogen-bond acceptors (Lipinski definition) is 3. The Bertz CT molecular complexity index is 256. The average Bonchev–Trinajstić information content (AvgIpc) is 1.94. The Morgan fingerprint density at radius 2 is 1.91 bits per heavy atom. The van der Waals surface area contributed by atoms with Gasteiger partial charge in [-0.3, -0.25) is 0 Å². The van der Waals surface area contributed by atoms with Gasteiger partial charge in [0.2, 0.25) is 0 Å². The van der Waals surface area contributed by atoms with Crippen LogP contribution < -0.4 is 0 Å². The molecule has 0 fully saturated rings. The highest BCUT2D eigenvalue weighted by molar-refractivity contribution is 5.39. The van der Waals surface area contributed by atoms with E-state index in [1.165, 1.54) is 25.1 Å². The number of rotatable bonds is 1. The third-order valence-corrected chi connectivity index (χ3v) is 1.46. The molecule has 1 aromatic rings. The first-order chi connectivity index (χ1) is 5.11. The fourth-order valence-electron chi connectivity index (χ4n) is 0.877. The van der Waals surface area contributed by atoms with Crippen LogP contribution in [0, 0.1) is 0 Å². The minimum atomic E-state index is -0.762. The number of benzene rings is 1. The van der Waals surface area contributed by atoms with Crippen molar-refractivity contribution in [3.63, 3.8) is 0 Å². The molecule has 0 saturated heterocycles. The molecule has 3 heteroatoms. The van der Waals surface area contributed by atoms with Crippen molar-refractivity contribution in [2.75, 3.05) is 0 Å². The molecule has 0 radical (unpaired) electrons. The molecule has 1 atom stereocenters. The second-order valence-corrected chi connectivity index (χ2v) is 2.42. The summed E-state index contributed by atoms with van der Waals surface area (Å²) in [7, 11) is 0. The Kier molecular flexibility index (Phi) is 2.01. The molecule has 0 heterocycles. The number of aliphatic hydroxyl groups is 1. The van der Waals surface area contributed by atoms with E-state index in [1.807, 2.05) is 0 Å². The van der Waals surface area contributed by atoms with Gasteiger partial charge in [0.1, 0.15) is 11.5 Å². The molecule has 0 bridgehead atoms. The molecule has 1 aromatic carbocycles. The minimum absolute atomic E-state index is 0.00204. The second-order valence-electron chi connectivity index (χ2n) is 2.42. The predicted molar refractivity (Wildman–Crippen MR) is 40.4 cm³/mol. The van der Waals surface area contributed by atoms with E-state index < -0.39 is 6.10 Å². The summed E-state index contributed by atoms with van der Waals surface area (Å²) in [5.41, 5.74) is 0.338. The molecule has 3 nitrogen and oxygen atoms in total. The van der Waals surface area contributed by atoms with E-state index in [9.17, 15) is 0 Å². The monoisotopic (exact) mass is 154 g/mol. The summed E-state index contributed by atoms with van der Waals surface area (Å²) in [6.45, 7) is 1.52. The maximum absolute atomic E-state index is 9.13. The molecule has 0 aliphatic carbocycles. The lowest BCUT2D eigenvalue weighted by atomic mass is 10.1. The summed E-state index contributed by atoms with van der Waals surface area (Å²) in [6, 6.07) is 4.04. The van der Waals surface area contributed by atoms with Gasteiger partial charge in [-0.1, -0.05) is 0 Å². The van der Waals surface area contributed by atoms with Gasteiger partial charge in [0.15, 0.2) is 0 Å². The molecular weight excluding hydrogens is 144 g/mol. The maximum atomic E-state index is 9.13. The topological polar surface area (TPSA) is 60.7 Å². The SMILES string of the molecule is C[C@H](O)c1cc(O)ccc1O. The Balaban J connectivity index is 3.13. The first-order valence-electron chi connectivity index (χ1n) is 3.31. The van der Waals surface area contributed by atoms with Crippen LogP contribution in [-0.2, 0) is 0 Å². The van der Waals surface area contributed by atoms with Crippen LogP contribution in [0.2, 0.25) is 0 Å². The lowest BCUT2D eigenvalue weighted by molar-refractivity contribution is 0.194. The molecule has 0 aromatic heterocycles. The largest absolute Gasteiger partial charge is 0.508 e. The third-order valence-electron chi connectivity index (χ3n) is 1.46. The molecule has 0 spiro atoms. The van der Waals surface area contributed by atoms with Gasteiger partial charge in [-0.05, 0) is 25.1 Å². The summed E-state index contributed by atoms with van der Waals surface area (Å²) in [4.78, 5) is 0. The van der Waals surface area contributed by atoms with E-state index in [0.29, 0.717) is 5.56 Å². The van der Waals surface area contributed by atoms with Crippen LogP contribution in [0.15, 0.2) is 18.2 Å². The van der Waals surface area contributed by atoms with Gasteiger partial charge in [-0.15, -0.1) is 0 Å². The summed E-state index contributed by atoms with van der Waals surface area (Å²) >= 11 is 0. The van der Waals surface area contributed by atoms with E-state index in [1.54, 1.807) is 0 Å². The molecule has 0 aliphatic heterocycles. The highest BCUT2D eigenvalue weighted by Gasteiger charge is 2.06. The first-order valence-corrected chi connectivity index (χ1v) is 3.31. The van der Waals surface area contributed by atoms with Crippen molar-refractivity contribution in [2.45, 2.75) is 13.0 Å². The van der Waals surface area contributed by atoms with Crippen molar-refractivity contribution in [3.8, 4) is 11.5 Å². The molecule has 11 heavy (non-hydrogen) atoms. The van der Waals surface area contributed by atoms with Crippen molar-refractivity contribution >= 4 is 0 Å². The quantitative estimate of drug-likeness (QED) is 0.532. The number of aromatic hydroxyl groups is 2. The Morgan fingerprint density at radius 1 is 1.27 bits per heavy atom. The summed E-state index contributed by atoms with van der Waals surface area (Å²) in [5, 5.41) is 27.2. The number of phenolic OH excluding ortho intramolecular Hbond substituents is 2. The van der Waals surface area contributed by atoms with Crippen LogP contribution >= 0.6 is 0 Å². The number of aliphatic hydroxyl groups excluding tert-OH is 1. The zero-order valence-corrected chi connectivity index (χ0v) is 6.15. The van der Waals surface area contributed by atoms with Gasteiger partial charge in [-0.2, -0.15) is 0 Å². The van der Waals surface area contributed by atoms with Crippen LogP contribution in [0.4, 0.5) is 0 Å². The van der Waals surface area contributed by atoms with E-state index >= 15 is 0 Å². The molecule has 0 aliphatic rings. The zero-order valence-electron chi connectivity index (χ0n) is 6.15. The average molecular weight is 154 g/mol. The van der Waals surface area contributed by atoms with Crippen molar-refractivity contribution in [3.05, 3.63) is 23.8 Å². The van der Waals surface area contributed by atoms with Gasteiger partial charge in [-0.25, -0.2) is 0 Å². The van der Waals surface area contributed by atoms with Crippen LogP contribution in [-0.4, -0.2) is 15.3 Å². The fraction of sp³-hybridized carbons (Fsp3) is 0.250. The predicted octanol–water partition coefficient (Wildman–Crippen LogP) is 1.15. The fourth-order valence-corrected chi connectivity index (χ4v) is 0.877. The van der Waals surface area contributed by atoms with Gasteiger partial charge < -0.3 is 15.3 Å². The summed E-state index contributed by atoms with van der Waals surface area (Å²) in [5.74, 6) is 0.0384. The molecule has 0 saturated carbocycles. The normalized spacial score (nSPS) is 12.9. The minimum Gasteiger partial charge on any atom is -0.508 e. The lowest BCUT2D eigenvalue weighted by Gasteiger charge is -2.06. The highest BCUT2D eigenvalue weighted by atomic mass is 16.3. The van der Waals surface area contributed by atoms with Gasteiger partial charge in [0.25, 0.3) is 0 Å². The summed E-state index contributed by atoms with van der Waals surface area (Å²) in [6.07, 6.45) is -0.762. The molecule has 3 N–H and O–H groups in total. The Morgan fingerprint density at radius 3 is 2.36 bits per heavy atom. The molecule has 60 valence electrons. The lowest BCUT2D eigenvalue weighted by Crippen LogP contribution is -1.90. The molecular formula is C8H10O3. The molecule has 1 rings (SSSR count). The number of hydrogen-bond donors (Lipinski definition) is 3. The van der Waals surface area contributed by atoms with Crippen molar-refractivity contribution in [2.24, 2.45) is 0 Å². The van der Waals surface area contributed by atoms with Crippen molar-refractivity contribution < 1.29 is 15.3 Å². The van der Waals surface area contributed by atoms with Crippen LogP contribution in [0.25, 0.3) is 0 Å². The van der Waals surface area contributed by atoms with Crippen LogP contribution in [0.5, 0.6) is 11.5 Å². The molecule has 0 unspecified atom stereocenters. The maximum Gasteiger partial charge on any atom is 0.121 e. The second kappa shape index (κ2) is 2.80. The smallest absolute Gasteiger partial charge is 0.121 e. The standard InChI is InChI=1S/C8H10O3/c1-5(9)7-4-6(10)2-3-8(7)11/h2-5,9-11H,1H3/t5-/m0/s1. The van der Waals surface area contributed by atoms with Crippen LogP contribution in [0.1, 0.15) is 18.6 Å². The van der Waals surface area contributed by atoms with Gasteiger partial charge in [0.05, 0.1) is 6.10 Å². The number of phenols is 2. The van der Waals surface area contributed by atoms with Gasteiger partial charge in [0, 0.05) is 5.56 Å².